The average Bonchev–Trinajstić information content (AvgIpc) is 2.68. The number of rotatable bonds is 2. The van der Waals surface area contributed by atoms with Crippen molar-refractivity contribution in [2.75, 3.05) is 0 Å². The third-order valence-electron chi connectivity index (χ3n) is 2.95. The van der Waals surface area contributed by atoms with E-state index in [4.69, 9.17) is 5.73 Å². The van der Waals surface area contributed by atoms with Crippen molar-refractivity contribution >= 4 is 16.9 Å². The fourth-order valence-corrected chi connectivity index (χ4v) is 1.87. The van der Waals surface area contributed by atoms with Crippen molar-refractivity contribution in [2.45, 2.75) is 39.7 Å². The van der Waals surface area contributed by atoms with Gasteiger partial charge in [-0.05, 0) is 13.0 Å². The topological polar surface area (TPSA) is 73.8 Å². The van der Waals surface area contributed by atoms with Crippen LogP contribution < -0.4 is 5.73 Å². The van der Waals surface area contributed by atoms with Gasteiger partial charge in [0.15, 0.2) is 5.69 Å². The molecule has 0 bridgehead atoms. The summed E-state index contributed by atoms with van der Waals surface area (Å²) in [6, 6.07) is 1.98. The van der Waals surface area contributed by atoms with Crippen molar-refractivity contribution in [1.29, 1.82) is 0 Å². The first-order valence-electron chi connectivity index (χ1n) is 6.00. The summed E-state index contributed by atoms with van der Waals surface area (Å²) in [4.78, 5) is 20.1. The third kappa shape index (κ3) is 1.96. The van der Waals surface area contributed by atoms with Crippen molar-refractivity contribution in [3.05, 3.63) is 23.8 Å². The smallest absolute Gasteiger partial charge is 0.269 e. The van der Waals surface area contributed by atoms with Crippen LogP contribution in [0.4, 0.5) is 0 Å². The molecular weight excluding hydrogens is 228 g/mol. The largest absolute Gasteiger partial charge is 0.364 e. The molecule has 2 N–H and O–H groups in total. The predicted octanol–water partition coefficient (Wildman–Crippen LogP) is 1.85. The number of nitrogens with zero attached hydrogens (tertiary/aromatic N) is 3. The molecule has 96 valence electrons. The van der Waals surface area contributed by atoms with E-state index in [9.17, 15) is 4.79 Å². The number of fused-ring (bicyclic) bond motifs is 1. The van der Waals surface area contributed by atoms with E-state index in [1.807, 2.05) is 17.6 Å². The SMILES string of the molecule is CCn1cnc2c(C(N)=O)nc(C(C)(C)C)cc21. The van der Waals surface area contributed by atoms with Crippen LogP contribution in [-0.4, -0.2) is 20.4 Å². The summed E-state index contributed by atoms with van der Waals surface area (Å²) in [5.74, 6) is -0.535. The Kier molecular flexibility index (Phi) is 2.84. The van der Waals surface area contributed by atoms with Crippen molar-refractivity contribution in [3.63, 3.8) is 0 Å². The molecule has 2 rings (SSSR count). The quantitative estimate of drug-likeness (QED) is 0.878. The molecule has 2 aromatic heterocycles. The Labute approximate surface area is 106 Å². The van der Waals surface area contributed by atoms with Gasteiger partial charge in [0.25, 0.3) is 5.91 Å². The molecule has 18 heavy (non-hydrogen) atoms. The number of pyridine rings is 1. The molecule has 0 saturated heterocycles. The monoisotopic (exact) mass is 246 g/mol. The molecule has 0 spiro atoms. The van der Waals surface area contributed by atoms with E-state index in [1.165, 1.54) is 0 Å². The molecule has 1 amide bonds. The van der Waals surface area contributed by atoms with Gasteiger partial charge in [-0.2, -0.15) is 0 Å². The Balaban J connectivity index is 2.81. The molecule has 0 fully saturated rings. The summed E-state index contributed by atoms with van der Waals surface area (Å²) in [5, 5.41) is 0. The van der Waals surface area contributed by atoms with Crippen LogP contribution in [0.15, 0.2) is 12.4 Å². The zero-order valence-electron chi connectivity index (χ0n) is 11.2. The molecule has 5 nitrogen and oxygen atoms in total. The highest BCUT2D eigenvalue weighted by atomic mass is 16.1. The minimum atomic E-state index is -0.535. The minimum absolute atomic E-state index is 0.138. The van der Waals surface area contributed by atoms with E-state index >= 15 is 0 Å². The van der Waals surface area contributed by atoms with Crippen LogP contribution in [0, 0.1) is 0 Å². The number of aryl methyl sites for hydroxylation is 1. The lowest BCUT2D eigenvalue weighted by molar-refractivity contribution is 0.0997. The fourth-order valence-electron chi connectivity index (χ4n) is 1.87. The standard InChI is InChI=1S/C13H18N4O/c1-5-17-7-15-10-8(17)6-9(13(2,3)4)16-11(10)12(14)18/h6-7H,5H2,1-4H3,(H2,14,18). The Morgan fingerprint density at radius 2 is 2.11 bits per heavy atom. The number of hydrogen-bond donors (Lipinski definition) is 1. The first-order chi connectivity index (χ1) is 8.34. The maximum atomic E-state index is 11.5. The summed E-state index contributed by atoms with van der Waals surface area (Å²) < 4.78 is 1.98. The van der Waals surface area contributed by atoms with Gasteiger partial charge in [-0.1, -0.05) is 20.8 Å². The molecule has 0 unspecified atom stereocenters. The van der Waals surface area contributed by atoms with Crippen LogP contribution in [-0.2, 0) is 12.0 Å². The van der Waals surface area contributed by atoms with Crippen LogP contribution in [0.2, 0.25) is 0 Å². The zero-order valence-corrected chi connectivity index (χ0v) is 11.2. The molecule has 0 atom stereocenters. The van der Waals surface area contributed by atoms with Gasteiger partial charge in [0.1, 0.15) is 5.52 Å². The number of carbonyl (C=O) groups excluding carboxylic acids is 1. The van der Waals surface area contributed by atoms with E-state index in [1.54, 1.807) is 6.33 Å². The second kappa shape index (κ2) is 4.08. The maximum Gasteiger partial charge on any atom is 0.269 e. The van der Waals surface area contributed by atoms with Crippen molar-refractivity contribution < 1.29 is 4.79 Å². The molecule has 2 heterocycles. The van der Waals surface area contributed by atoms with Crippen LogP contribution in [0.3, 0.4) is 0 Å². The Hall–Kier alpha value is -1.91. The average molecular weight is 246 g/mol. The van der Waals surface area contributed by atoms with Gasteiger partial charge in [-0.3, -0.25) is 4.79 Å². The number of hydrogen-bond acceptors (Lipinski definition) is 3. The van der Waals surface area contributed by atoms with Gasteiger partial charge < -0.3 is 10.3 Å². The number of imidazole rings is 1. The van der Waals surface area contributed by atoms with E-state index in [2.05, 4.69) is 30.7 Å². The number of carbonyl (C=O) groups is 1. The van der Waals surface area contributed by atoms with Gasteiger partial charge in [-0.25, -0.2) is 9.97 Å². The van der Waals surface area contributed by atoms with Crippen LogP contribution in [0.1, 0.15) is 43.9 Å². The van der Waals surface area contributed by atoms with Crippen molar-refractivity contribution in [3.8, 4) is 0 Å². The summed E-state index contributed by atoms with van der Waals surface area (Å²) in [7, 11) is 0. The van der Waals surface area contributed by atoms with Crippen molar-refractivity contribution in [2.24, 2.45) is 5.73 Å². The van der Waals surface area contributed by atoms with E-state index in [0.29, 0.717) is 5.52 Å². The summed E-state index contributed by atoms with van der Waals surface area (Å²) in [6.07, 6.45) is 1.71. The van der Waals surface area contributed by atoms with Crippen LogP contribution in [0.5, 0.6) is 0 Å². The highest BCUT2D eigenvalue weighted by Gasteiger charge is 2.21. The van der Waals surface area contributed by atoms with E-state index in [-0.39, 0.29) is 11.1 Å². The van der Waals surface area contributed by atoms with Gasteiger partial charge >= 0.3 is 0 Å². The highest BCUT2D eigenvalue weighted by Crippen LogP contribution is 2.25. The number of nitrogens with two attached hydrogens (primary N) is 1. The summed E-state index contributed by atoms with van der Waals surface area (Å²) >= 11 is 0. The van der Waals surface area contributed by atoms with Crippen molar-refractivity contribution in [1.82, 2.24) is 14.5 Å². The first-order valence-corrected chi connectivity index (χ1v) is 6.00. The summed E-state index contributed by atoms with van der Waals surface area (Å²) in [6.45, 7) is 8.99. The van der Waals surface area contributed by atoms with E-state index < -0.39 is 5.91 Å². The Morgan fingerprint density at radius 1 is 1.44 bits per heavy atom. The van der Waals surface area contributed by atoms with Gasteiger partial charge in [0, 0.05) is 17.7 Å². The number of primary amides is 1. The molecule has 0 aliphatic rings. The molecular formula is C13H18N4O. The molecule has 0 aromatic carbocycles. The molecule has 0 aliphatic carbocycles. The van der Waals surface area contributed by atoms with Gasteiger partial charge in [0.2, 0.25) is 0 Å². The third-order valence-corrected chi connectivity index (χ3v) is 2.95. The molecule has 0 aliphatic heterocycles. The maximum absolute atomic E-state index is 11.5. The first kappa shape index (κ1) is 12.5. The Morgan fingerprint density at radius 3 is 2.61 bits per heavy atom. The molecule has 5 heteroatoms. The minimum Gasteiger partial charge on any atom is -0.364 e. The second-order valence-corrected chi connectivity index (χ2v) is 5.37. The van der Waals surface area contributed by atoms with E-state index in [0.717, 1.165) is 17.8 Å². The summed E-state index contributed by atoms with van der Waals surface area (Å²) in [5.41, 5.74) is 7.84. The lowest BCUT2D eigenvalue weighted by atomic mass is 9.91. The van der Waals surface area contributed by atoms with Gasteiger partial charge in [-0.15, -0.1) is 0 Å². The molecule has 0 saturated carbocycles. The number of aromatic nitrogens is 3. The second-order valence-electron chi connectivity index (χ2n) is 5.37. The number of amides is 1. The van der Waals surface area contributed by atoms with Crippen LogP contribution in [0.25, 0.3) is 11.0 Å². The zero-order chi connectivity index (χ0) is 13.5. The predicted molar refractivity (Wildman–Crippen MR) is 70.4 cm³/mol. The molecule has 0 radical (unpaired) electrons. The fraction of sp³-hybridized carbons (Fsp3) is 0.462. The molecule has 2 aromatic rings. The normalized spacial score (nSPS) is 12.0. The van der Waals surface area contributed by atoms with Crippen LogP contribution >= 0.6 is 0 Å². The highest BCUT2D eigenvalue weighted by molar-refractivity contribution is 6.02. The Bertz CT molecular complexity index is 607. The van der Waals surface area contributed by atoms with Gasteiger partial charge in [0.05, 0.1) is 11.8 Å². The lowest BCUT2D eigenvalue weighted by Crippen LogP contribution is -2.20. The lowest BCUT2D eigenvalue weighted by Gasteiger charge is -2.18.